The molecule has 11 heteroatoms. The summed E-state index contributed by atoms with van der Waals surface area (Å²) in [4.78, 5) is 41.0. The third-order valence-corrected chi connectivity index (χ3v) is 6.43. The van der Waals surface area contributed by atoms with Crippen molar-refractivity contribution in [1.82, 2.24) is 14.7 Å². The lowest BCUT2D eigenvalue weighted by atomic mass is 9.95. The third kappa shape index (κ3) is 5.17. The van der Waals surface area contributed by atoms with Gasteiger partial charge in [-0.25, -0.2) is 22.8 Å². The van der Waals surface area contributed by atoms with Gasteiger partial charge in [0.2, 0.25) is 5.91 Å². The lowest BCUT2D eigenvalue weighted by Gasteiger charge is -2.40. The Bertz CT molecular complexity index is 952. The highest BCUT2D eigenvalue weighted by Gasteiger charge is 2.45. The quantitative estimate of drug-likeness (QED) is 0.646. The molecule has 2 aliphatic rings. The van der Waals surface area contributed by atoms with Crippen molar-refractivity contribution < 1.29 is 32.7 Å². The monoisotopic (exact) mass is 470 g/mol. The van der Waals surface area contributed by atoms with Crippen molar-refractivity contribution in [2.24, 2.45) is 11.7 Å². The van der Waals surface area contributed by atoms with Gasteiger partial charge < -0.3 is 20.6 Å². The van der Waals surface area contributed by atoms with Crippen LogP contribution >= 0.6 is 0 Å². The Morgan fingerprint density at radius 2 is 1.79 bits per heavy atom. The molecule has 0 unspecified atom stereocenters. The van der Waals surface area contributed by atoms with E-state index in [9.17, 15) is 32.7 Å². The number of carbonyl (C=O) groups excluding carboxylic acids is 2. The number of carbonyl (C=O) groups is 3. The Morgan fingerprint density at radius 3 is 2.36 bits per heavy atom. The first-order valence-electron chi connectivity index (χ1n) is 10.8. The summed E-state index contributed by atoms with van der Waals surface area (Å²) < 4.78 is 41.5. The molecule has 0 spiro atoms. The van der Waals surface area contributed by atoms with Gasteiger partial charge in [-0.2, -0.15) is 0 Å². The molecule has 2 fully saturated rings. The standard InChI is InChI=1S/C22H29F3N4O4/c1-22(2,3)29(21(32)33)14(6-13-7-16(24)17(25)9-15(13)23)8-19(30)28-5-4-12-10-27(20(26)31)11-18(12)28/h7,9,12,14,18H,4-6,8,10-11H2,1-3H3,(H2,26,31)(H,32,33)/t12-,14+,18+/m0/s1. The number of likely N-dealkylation sites (tertiary alicyclic amines) is 2. The molecule has 2 aliphatic heterocycles. The minimum atomic E-state index is -1.35. The number of amides is 4. The van der Waals surface area contributed by atoms with E-state index in [-0.39, 0.29) is 36.3 Å². The van der Waals surface area contributed by atoms with Gasteiger partial charge in [0.05, 0.1) is 6.04 Å². The second kappa shape index (κ2) is 9.11. The predicted molar refractivity (Wildman–Crippen MR) is 113 cm³/mol. The number of halogens is 3. The maximum atomic E-state index is 14.4. The minimum absolute atomic E-state index is 0.0849. The molecule has 0 radical (unpaired) electrons. The Kier molecular flexibility index (Phi) is 6.80. The Labute approximate surface area is 190 Å². The lowest BCUT2D eigenvalue weighted by molar-refractivity contribution is -0.133. The molecular formula is C22H29F3N4O4. The lowest BCUT2D eigenvalue weighted by Crippen LogP contribution is -2.54. The Morgan fingerprint density at radius 1 is 1.15 bits per heavy atom. The number of hydrogen-bond acceptors (Lipinski definition) is 3. The van der Waals surface area contributed by atoms with Crippen LogP contribution in [0.5, 0.6) is 0 Å². The molecule has 0 aliphatic carbocycles. The SMILES string of the molecule is CC(C)(C)N(C(=O)O)[C@@H](CC(=O)N1CC[C@H]2CN(C(N)=O)C[C@H]21)Cc1cc(F)c(F)cc1F. The highest BCUT2D eigenvalue weighted by molar-refractivity contribution is 5.79. The van der Waals surface area contributed by atoms with Crippen LogP contribution in [0.15, 0.2) is 12.1 Å². The van der Waals surface area contributed by atoms with E-state index in [4.69, 9.17) is 5.73 Å². The van der Waals surface area contributed by atoms with E-state index < -0.39 is 41.2 Å². The molecule has 8 nitrogen and oxygen atoms in total. The van der Waals surface area contributed by atoms with E-state index in [2.05, 4.69) is 0 Å². The van der Waals surface area contributed by atoms with E-state index in [1.54, 1.807) is 25.7 Å². The Balaban J connectivity index is 1.87. The summed E-state index contributed by atoms with van der Waals surface area (Å²) in [7, 11) is 0. The van der Waals surface area contributed by atoms with Gasteiger partial charge in [0.25, 0.3) is 0 Å². The number of fused-ring (bicyclic) bond motifs is 1. The van der Waals surface area contributed by atoms with E-state index in [0.29, 0.717) is 38.2 Å². The van der Waals surface area contributed by atoms with Gasteiger partial charge in [-0.1, -0.05) is 0 Å². The van der Waals surface area contributed by atoms with Crippen molar-refractivity contribution in [2.75, 3.05) is 19.6 Å². The number of hydrogen-bond donors (Lipinski definition) is 2. The molecule has 33 heavy (non-hydrogen) atoms. The summed E-state index contributed by atoms with van der Waals surface area (Å²) in [6.45, 7) is 6.11. The first kappa shape index (κ1) is 24.7. The summed E-state index contributed by atoms with van der Waals surface area (Å²) >= 11 is 0. The van der Waals surface area contributed by atoms with Crippen LogP contribution in [0.25, 0.3) is 0 Å². The zero-order chi connectivity index (χ0) is 24.7. The van der Waals surface area contributed by atoms with Crippen LogP contribution in [0, 0.1) is 23.4 Å². The number of primary amides is 1. The smallest absolute Gasteiger partial charge is 0.408 e. The molecule has 182 valence electrons. The zero-order valence-electron chi connectivity index (χ0n) is 18.9. The van der Waals surface area contributed by atoms with Crippen molar-refractivity contribution in [2.45, 2.75) is 57.7 Å². The normalized spacial score (nSPS) is 21.2. The van der Waals surface area contributed by atoms with Crippen molar-refractivity contribution in [3.63, 3.8) is 0 Å². The maximum absolute atomic E-state index is 14.4. The largest absolute Gasteiger partial charge is 0.465 e. The van der Waals surface area contributed by atoms with Crippen molar-refractivity contribution in [1.29, 1.82) is 0 Å². The highest BCUT2D eigenvalue weighted by atomic mass is 19.2. The maximum Gasteiger partial charge on any atom is 0.408 e. The fourth-order valence-electron chi connectivity index (χ4n) is 4.99. The zero-order valence-corrected chi connectivity index (χ0v) is 18.9. The molecule has 4 amide bonds. The van der Waals surface area contributed by atoms with E-state index in [1.165, 1.54) is 4.90 Å². The second-order valence-corrected chi connectivity index (χ2v) is 9.69. The van der Waals surface area contributed by atoms with E-state index in [0.717, 1.165) is 4.90 Å². The molecule has 0 bridgehead atoms. The summed E-state index contributed by atoms with van der Waals surface area (Å²) in [5.74, 6) is -3.88. The molecule has 2 saturated heterocycles. The number of nitrogens with two attached hydrogens (primary N) is 1. The summed E-state index contributed by atoms with van der Waals surface area (Å²) in [6.07, 6.45) is -1.22. The Hall–Kier alpha value is -2.98. The van der Waals surface area contributed by atoms with Gasteiger partial charge in [-0.15, -0.1) is 0 Å². The summed E-state index contributed by atoms with van der Waals surface area (Å²) in [5, 5.41) is 9.86. The molecule has 1 aromatic rings. The van der Waals surface area contributed by atoms with Gasteiger partial charge >= 0.3 is 12.1 Å². The number of carboxylic acid groups (broad SMARTS) is 1. The van der Waals surface area contributed by atoms with Crippen LogP contribution in [0.3, 0.4) is 0 Å². The van der Waals surface area contributed by atoms with Gasteiger partial charge in [0.1, 0.15) is 5.82 Å². The van der Waals surface area contributed by atoms with E-state index >= 15 is 0 Å². The second-order valence-electron chi connectivity index (χ2n) is 9.69. The van der Waals surface area contributed by atoms with E-state index in [1.807, 2.05) is 0 Å². The molecule has 3 rings (SSSR count). The van der Waals surface area contributed by atoms with Crippen LogP contribution in [0.2, 0.25) is 0 Å². The average molecular weight is 470 g/mol. The highest BCUT2D eigenvalue weighted by Crippen LogP contribution is 2.33. The van der Waals surface area contributed by atoms with Crippen LogP contribution in [0.4, 0.5) is 22.8 Å². The van der Waals surface area contributed by atoms with Gasteiger partial charge in [0, 0.05) is 49.6 Å². The van der Waals surface area contributed by atoms with Crippen LogP contribution < -0.4 is 5.73 Å². The molecule has 1 aromatic carbocycles. The van der Waals surface area contributed by atoms with Gasteiger partial charge in [-0.3, -0.25) is 9.69 Å². The first-order valence-corrected chi connectivity index (χ1v) is 10.8. The summed E-state index contributed by atoms with van der Waals surface area (Å²) in [5.41, 5.74) is 4.20. The molecule has 0 saturated carbocycles. The van der Waals surface area contributed by atoms with Crippen LogP contribution in [0.1, 0.15) is 39.2 Å². The number of benzene rings is 1. The average Bonchev–Trinajstić information content (AvgIpc) is 3.25. The molecule has 3 atom stereocenters. The fourth-order valence-corrected chi connectivity index (χ4v) is 4.99. The van der Waals surface area contributed by atoms with Crippen molar-refractivity contribution in [3.8, 4) is 0 Å². The molecule has 2 heterocycles. The topological polar surface area (TPSA) is 107 Å². The number of urea groups is 1. The van der Waals surface area contributed by atoms with Crippen LogP contribution in [-0.4, -0.2) is 75.1 Å². The van der Waals surface area contributed by atoms with Crippen molar-refractivity contribution >= 4 is 18.0 Å². The fraction of sp³-hybridized carbons (Fsp3) is 0.591. The van der Waals surface area contributed by atoms with Gasteiger partial charge in [0.15, 0.2) is 11.6 Å². The van der Waals surface area contributed by atoms with Gasteiger partial charge in [-0.05, 0) is 45.2 Å². The summed E-state index contributed by atoms with van der Waals surface area (Å²) in [6, 6.07) is -0.708. The number of rotatable bonds is 5. The molecule has 3 N–H and O–H groups in total. The predicted octanol–water partition coefficient (Wildman–Crippen LogP) is 2.80. The molecular weight excluding hydrogens is 441 g/mol. The molecule has 0 aromatic heterocycles. The minimum Gasteiger partial charge on any atom is -0.465 e. The third-order valence-electron chi connectivity index (χ3n) is 6.43. The van der Waals surface area contributed by atoms with Crippen LogP contribution in [-0.2, 0) is 11.2 Å². The number of nitrogens with zero attached hydrogens (tertiary/aromatic N) is 3. The van der Waals surface area contributed by atoms with Crippen molar-refractivity contribution in [3.05, 3.63) is 35.1 Å². The first-order chi connectivity index (χ1) is 15.3.